The predicted molar refractivity (Wildman–Crippen MR) is 108 cm³/mol. The number of benzene rings is 2. The van der Waals surface area contributed by atoms with Gasteiger partial charge in [0.2, 0.25) is 5.89 Å². The lowest BCUT2D eigenvalue weighted by Crippen LogP contribution is -2.10. The van der Waals surface area contributed by atoms with Crippen molar-refractivity contribution in [2.45, 2.75) is 13.5 Å². The number of amides is 1. The van der Waals surface area contributed by atoms with Gasteiger partial charge in [0.25, 0.3) is 11.8 Å². The minimum absolute atomic E-state index is 0.135. The van der Waals surface area contributed by atoms with Gasteiger partial charge in [-0.15, -0.1) is 10.2 Å². The summed E-state index contributed by atoms with van der Waals surface area (Å²) in [6.45, 7) is 2.16. The third-order valence-electron chi connectivity index (χ3n) is 4.10. The summed E-state index contributed by atoms with van der Waals surface area (Å²) in [5.74, 6) is 1.38. The summed E-state index contributed by atoms with van der Waals surface area (Å²) in [5.41, 5.74) is 3.32. The average Bonchev–Trinajstić information content (AvgIpc) is 3.40. The number of thiophene rings is 1. The van der Waals surface area contributed by atoms with Crippen molar-refractivity contribution >= 4 is 22.9 Å². The molecule has 1 N–H and O–H groups in total. The van der Waals surface area contributed by atoms with Gasteiger partial charge in [-0.25, -0.2) is 0 Å². The number of carbonyl (C=O) groups is 1. The van der Waals surface area contributed by atoms with Crippen molar-refractivity contribution in [3.63, 3.8) is 0 Å². The molecule has 4 rings (SSSR count). The van der Waals surface area contributed by atoms with E-state index in [9.17, 15) is 4.79 Å². The van der Waals surface area contributed by atoms with Crippen molar-refractivity contribution < 1.29 is 13.9 Å². The van der Waals surface area contributed by atoms with Crippen LogP contribution in [0.4, 0.5) is 5.69 Å². The third kappa shape index (κ3) is 4.10. The molecule has 0 saturated carbocycles. The Labute approximate surface area is 165 Å². The summed E-state index contributed by atoms with van der Waals surface area (Å²) in [7, 11) is 0. The largest absolute Gasteiger partial charge is 0.484 e. The lowest BCUT2D eigenvalue weighted by atomic mass is 10.1. The van der Waals surface area contributed by atoms with Gasteiger partial charge in [0.1, 0.15) is 5.75 Å². The van der Waals surface area contributed by atoms with Gasteiger partial charge in [0.15, 0.2) is 6.61 Å². The lowest BCUT2D eigenvalue weighted by Gasteiger charge is -2.06. The van der Waals surface area contributed by atoms with Crippen LogP contribution in [-0.4, -0.2) is 16.1 Å². The molecule has 0 aliphatic carbocycles. The Morgan fingerprint density at radius 1 is 1.11 bits per heavy atom. The molecule has 4 aromatic rings. The maximum atomic E-state index is 12.1. The van der Waals surface area contributed by atoms with E-state index in [2.05, 4.69) is 15.5 Å². The molecule has 0 saturated heterocycles. The van der Waals surface area contributed by atoms with E-state index in [1.807, 2.05) is 41.9 Å². The van der Waals surface area contributed by atoms with Crippen LogP contribution >= 0.6 is 11.3 Å². The Bertz CT molecular complexity index is 1070. The van der Waals surface area contributed by atoms with E-state index in [1.54, 1.807) is 30.3 Å². The Balaban J connectivity index is 1.35. The van der Waals surface area contributed by atoms with Gasteiger partial charge < -0.3 is 14.5 Å². The number of aromatic nitrogens is 2. The summed E-state index contributed by atoms with van der Waals surface area (Å²) < 4.78 is 11.4. The van der Waals surface area contributed by atoms with Crippen LogP contribution in [0.2, 0.25) is 0 Å². The number of hydrogen-bond donors (Lipinski definition) is 1. The Hall–Kier alpha value is -3.45. The minimum Gasteiger partial charge on any atom is -0.484 e. The molecule has 0 aliphatic rings. The van der Waals surface area contributed by atoms with Crippen molar-refractivity contribution in [1.29, 1.82) is 0 Å². The summed E-state index contributed by atoms with van der Waals surface area (Å²) in [4.78, 5) is 12.1. The molecule has 2 heterocycles. The van der Waals surface area contributed by atoms with Crippen molar-refractivity contribution in [3.05, 3.63) is 82.4 Å². The van der Waals surface area contributed by atoms with Crippen molar-refractivity contribution in [2.75, 3.05) is 5.32 Å². The van der Waals surface area contributed by atoms with Crippen LogP contribution in [0, 0.1) is 6.92 Å². The molecule has 0 bridgehead atoms. The number of rotatable bonds is 6. The van der Waals surface area contributed by atoms with Crippen molar-refractivity contribution in [1.82, 2.24) is 10.2 Å². The molecule has 1 amide bonds. The molecule has 0 fully saturated rings. The quantitative estimate of drug-likeness (QED) is 0.504. The smallest absolute Gasteiger partial charge is 0.256 e. The lowest BCUT2D eigenvalue weighted by molar-refractivity contribution is 0.102. The molecule has 0 atom stereocenters. The fraction of sp³-hybridized carbons (Fsp3) is 0.0952. The molecular formula is C21H17N3O3S. The molecule has 7 heteroatoms. The number of hydrogen-bond acceptors (Lipinski definition) is 6. The first-order valence-electron chi connectivity index (χ1n) is 8.64. The van der Waals surface area contributed by atoms with Gasteiger partial charge in [-0.2, -0.15) is 11.3 Å². The molecular weight excluding hydrogens is 374 g/mol. The fourth-order valence-corrected chi connectivity index (χ4v) is 3.25. The van der Waals surface area contributed by atoms with Gasteiger partial charge >= 0.3 is 0 Å². The first-order chi connectivity index (χ1) is 13.7. The molecule has 2 aromatic heterocycles. The number of anilines is 1. The fourth-order valence-electron chi connectivity index (χ4n) is 2.61. The van der Waals surface area contributed by atoms with E-state index in [0.29, 0.717) is 28.8 Å². The van der Waals surface area contributed by atoms with E-state index < -0.39 is 0 Å². The highest BCUT2D eigenvalue weighted by atomic mass is 32.1. The number of aryl methyl sites for hydroxylation is 1. The van der Waals surface area contributed by atoms with Gasteiger partial charge in [-0.1, -0.05) is 18.2 Å². The topological polar surface area (TPSA) is 77.3 Å². The highest BCUT2D eigenvalue weighted by molar-refractivity contribution is 7.08. The maximum Gasteiger partial charge on any atom is 0.256 e. The zero-order valence-electron chi connectivity index (χ0n) is 15.1. The van der Waals surface area contributed by atoms with Crippen molar-refractivity contribution in [2.24, 2.45) is 0 Å². The number of nitrogens with one attached hydrogen (secondary N) is 1. The van der Waals surface area contributed by atoms with Gasteiger partial charge in [0.05, 0.1) is 5.56 Å². The highest BCUT2D eigenvalue weighted by Crippen LogP contribution is 2.22. The standard InChI is InChI=1S/C21H17N3O3S/c1-14-4-2-3-5-18(14)21-24-23-19(27-21)12-26-17-8-6-16(7-9-17)22-20(25)15-10-11-28-13-15/h2-11,13H,12H2,1H3,(H,22,25). The zero-order valence-corrected chi connectivity index (χ0v) is 15.9. The van der Waals surface area contributed by atoms with Crippen LogP contribution in [0.1, 0.15) is 21.8 Å². The molecule has 28 heavy (non-hydrogen) atoms. The van der Waals surface area contributed by atoms with Gasteiger partial charge in [-0.05, 0) is 54.3 Å². The van der Waals surface area contributed by atoms with Crippen LogP contribution in [0.3, 0.4) is 0 Å². The Morgan fingerprint density at radius 2 is 1.93 bits per heavy atom. The summed E-state index contributed by atoms with van der Waals surface area (Å²) in [5, 5.41) is 14.6. The van der Waals surface area contributed by atoms with Crippen LogP contribution < -0.4 is 10.1 Å². The number of carbonyl (C=O) groups excluding carboxylic acids is 1. The molecule has 0 spiro atoms. The minimum atomic E-state index is -0.135. The molecule has 2 aromatic carbocycles. The summed E-state index contributed by atoms with van der Waals surface area (Å²) in [6, 6.07) is 16.7. The average molecular weight is 391 g/mol. The van der Waals surface area contributed by atoms with E-state index in [1.165, 1.54) is 11.3 Å². The normalized spacial score (nSPS) is 10.6. The zero-order chi connectivity index (χ0) is 19.3. The highest BCUT2D eigenvalue weighted by Gasteiger charge is 2.11. The van der Waals surface area contributed by atoms with Crippen LogP contribution in [0.15, 0.2) is 69.8 Å². The summed E-state index contributed by atoms with van der Waals surface area (Å²) in [6.07, 6.45) is 0. The predicted octanol–water partition coefficient (Wildman–Crippen LogP) is 4.94. The second-order valence-electron chi connectivity index (χ2n) is 6.10. The SMILES string of the molecule is Cc1ccccc1-c1nnc(COc2ccc(NC(=O)c3ccsc3)cc2)o1. The van der Waals surface area contributed by atoms with Crippen molar-refractivity contribution in [3.8, 4) is 17.2 Å². The monoisotopic (exact) mass is 391 g/mol. The Morgan fingerprint density at radius 3 is 2.68 bits per heavy atom. The third-order valence-corrected chi connectivity index (χ3v) is 4.78. The van der Waals surface area contributed by atoms with E-state index in [0.717, 1.165) is 11.1 Å². The van der Waals surface area contributed by atoms with E-state index in [4.69, 9.17) is 9.15 Å². The second kappa shape index (κ2) is 8.06. The first-order valence-corrected chi connectivity index (χ1v) is 9.58. The van der Waals surface area contributed by atoms with Gasteiger partial charge in [-0.3, -0.25) is 4.79 Å². The maximum absolute atomic E-state index is 12.1. The van der Waals surface area contributed by atoms with Crippen LogP contribution in [0.5, 0.6) is 5.75 Å². The van der Waals surface area contributed by atoms with E-state index in [-0.39, 0.29) is 12.5 Å². The molecule has 0 unspecified atom stereocenters. The van der Waals surface area contributed by atoms with Crippen LogP contribution in [0.25, 0.3) is 11.5 Å². The van der Waals surface area contributed by atoms with E-state index >= 15 is 0 Å². The molecule has 0 aliphatic heterocycles. The second-order valence-corrected chi connectivity index (χ2v) is 6.88. The van der Waals surface area contributed by atoms with Gasteiger partial charge in [0, 0.05) is 16.6 Å². The molecule has 140 valence electrons. The number of nitrogens with zero attached hydrogens (tertiary/aromatic N) is 2. The Kier molecular flexibility index (Phi) is 5.16. The van der Waals surface area contributed by atoms with Crippen LogP contribution in [-0.2, 0) is 6.61 Å². The molecule has 6 nitrogen and oxygen atoms in total. The molecule has 0 radical (unpaired) electrons. The summed E-state index contributed by atoms with van der Waals surface area (Å²) >= 11 is 1.49. The first kappa shape index (κ1) is 17.9. The number of ether oxygens (including phenoxy) is 1.